The summed E-state index contributed by atoms with van der Waals surface area (Å²) in [6.45, 7) is 1.67. The van der Waals surface area contributed by atoms with E-state index in [0.717, 1.165) is 16.9 Å². The Morgan fingerprint density at radius 2 is 1.62 bits per heavy atom. The second-order valence-corrected chi connectivity index (χ2v) is 5.95. The third-order valence-corrected chi connectivity index (χ3v) is 3.84. The van der Waals surface area contributed by atoms with Crippen LogP contribution in [0.1, 0.15) is 11.1 Å². The normalized spacial score (nSPS) is 13.7. The van der Waals surface area contributed by atoms with E-state index in [1.165, 1.54) is 0 Å². The number of nitrogens with two attached hydrogens (primary N) is 1. The first kappa shape index (κ1) is 20.1. The molecule has 0 spiro atoms. The van der Waals surface area contributed by atoms with Crippen LogP contribution in [0, 0.1) is 0 Å². The Morgan fingerprint density at radius 1 is 0.962 bits per heavy atom. The van der Waals surface area contributed by atoms with Crippen LogP contribution in [0.5, 0.6) is 5.75 Å². The summed E-state index contributed by atoms with van der Waals surface area (Å²) < 4.78 is 16.2. The van der Waals surface area contributed by atoms with Crippen molar-refractivity contribution in [3.63, 3.8) is 0 Å². The van der Waals surface area contributed by atoms with Gasteiger partial charge in [0.2, 0.25) is 0 Å². The second kappa shape index (κ2) is 11.4. The average molecular weight is 357 g/mol. The molecule has 0 fully saturated rings. The predicted octanol–water partition coefficient (Wildman–Crippen LogP) is 2.67. The molecule has 26 heavy (non-hydrogen) atoms. The van der Waals surface area contributed by atoms with Gasteiger partial charge in [0.15, 0.2) is 0 Å². The Labute approximate surface area is 155 Å². The highest BCUT2D eigenvalue weighted by Crippen LogP contribution is 2.11. The van der Waals surface area contributed by atoms with Crippen molar-refractivity contribution in [3.05, 3.63) is 77.9 Å². The molecular weight excluding hydrogens is 330 g/mol. The summed E-state index contributed by atoms with van der Waals surface area (Å²) in [5, 5.41) is 10.0. The van der Waals surface area contributed by atoms with E-state index in [1.807, 2.05) is 54.6 Å². The summed E-state index contributed by atoms with van der Waals surface area (Å²) in [4.78, 5) is 0. The van der Waals surface area contributed by atoms with Gasteiger partial charge in [-0.1, -0.05) is 54.6 Å². The first-order valence-electron chi connectivity index (χ1n) is 8.61. The Morgan fingerprint density at radius 3 is 2.31 bits per heavy atom. The predicted molar refractivity (Wildman–Crippen MR) is 102 cm³/mol. The fourth-order valence-corrected chi connectivity index (χ4v) is 2.29. The summed E-state index contributed by atoms with van der Waals surface area (Å²) in [6.07, 6.45) is 2.64. The summed E-state index contributed by atoms with van der Waals surface area (Å²) in [5.74, 6) is 0.820. The molecule has 0 heterocycles. The number of benzene rings is 2. The third kappa shape index (κ3) is 7.37. The lowest BCUT2D eigenvalue weighted by Crippen LogP contribution is -2.37. The number of ether oxygens (including phenoxy) is 3. The molecule has 0 saturated heterocycles. The van der Waals surface area contributed by atoms with Crippen LogP contribution < -0.4 is 10.5 Å². The molecule has 0 aliphatic rings. The minimum absolute atomic E-state index is 0.285. The van der Waals surface area contributed by atoms with Gasteiger partial charge in [-0.05, 0) is 23.3 Å². The molecule has 0 unspecified atom stereocenters. The second-order valence-electron chi connectivity index (χ2n) is 5.95. The Bertz CT molecular complexity index is 643. The molecule has 0 saturated carbocycles. The van der Waals surface area contributed by atoms with Gasteiger partial charge < -0.3 is 25.1 Å². The molecule has 5 nitrogen and oxygen atoms in total. The molecule has 0 bridgehead atoms. The molecule has 5 heteroatoms. The highest BCUT2D eigenvalue weighted by molar-refractivity contribution is 5.26. The summed E-state index contributed by atoms with van der Waals surface area (Å²) >= 11 is 0. The van der Waals surface area contributed by atoms with E-state index in [-0.39, 0.29) is 6.61 Å². The smallest absolute Gasteiger partial charge is 0.118 e. The first-order chi connectivity index (χ1) is 12.7. The largest absolute Gasteiger partial charge is 0.497 e. The van der Waals surface area contributed by atoms with E-state index in [0.29, 0.717) is 19.8 Å². The van der Waals surface area contributed by atoms with Gasteiger partial charge in [0.05, 0.1) is 45.7 Å². The maximum absolute atomic E-state index is 10.0. The van der Waals surface area contributed by atoms with E-state index in [2.05, 4.69) is 0 Å². The van der Waals surface area contributed by atoms with Crippen LogP contribution in [0.4, 0.5) is 0 Å². The molecule has 0 aliphatic carbocycles. The molecule has 140 valence electrons. The minimum atomic E-state index is -0.768. The van der Waals surface area contributed by atoms with Crippen LogP contribution in [0.2, 0.25) is 0 Å². The summed E-state index contributed by atoms with van der Waals surface area (Å²) in [7, 11) is 1.64. The van der Waals surface area contributed by atoms with Crippen LogP contribution in [0.3, 0.4) is 0 Å². The van der Waals surface area contributed by atoms with Gasteiger partial charge >= 0.3 is 0 Å². The van der Waals surface area contributed by atoms with E-state index >= 15 is 0 Å². The number of hydrogen-bond donors (Lipinski definition) is 2. The van der Waals surface area contributed by atoms with Crippen LogP contribution >= 0.6 is 0 Å². The number of aliphatic hydroxyl groups is 1. The van der Waals surface area contributed by atoms with Crippen molar-refractivity contribution in [2.45, 2.75) is 25.4 Å². The lowest BCUT2D eigenvalue weighted by Gasteiger charge is -2.16. The van der Waals surface area contributed by atoms with Gasteiger partial charge in [0, 0.05) is 0 Å². The van der Waals surface area contributed by atoms with Crippen molar-refractivity contribution < 1.29 is 19.3 Å². The molecule has 0 aromatic heterocycles. The van der Waals surface area contributed by atoms with Gasteiger partial charge in [-0.2, -0.15) is 0 Å². The van der Waals surface area contributed by atoms with Crippen molar-refractivity contribution in [3.8, 4) is 5.75 Å². The van der Waals surface area contributed by atoms with E-state index in [1.54, 1.807) is 19.3 Å². The van der Waals surface area contributed by atoms with Crippen molar-refractivity contribution in [2.24, 2.45) is 5.73 Å². The Balaban J connectivity index is 1.60. The number of hydrogen-bond acceptors (Lipinski definition) is 5. The number of methoxy groups -OCH3 is 1. The standard InChI is InChI=1S/C21H27NO4/c1-24-19-11-9-18(10-12-19)14-25-13-5-8-21(23)20(22)16-26-15-17-6-3-2-4-7-17/h2-12,20-21,23H,13-16,22H2,1H3/b8-5+/t20-,21+/m1/s1. The van der Waals surface area contributed by atoms with Gasteiger partial charge in [0.1, 0.15) is 5.75 Å². The average Bonchev–Trinajstić information content (AvgIpc) is 2.68. The van der Waals surface area contributed by atoms with Gasteiger partial charge in [-0.15, -0.1) is 0 Å². The zero-order valence-electron chi connectivity index (χ0n) is 15.1. The van der Waals surface area contributed by atoms with Crippen molar-refractivity contribution in [2.75, 3.05) is 20.3 Å². The van der Waals surface area contributed by atoms with Gasteiger partial charge in [-0.3, -0.25) is 0 Å². The highest BCUT2D eigenvalue weighted by atomic mass is 16.5. The lowest BCUT2D eigenvalue weighted by atomic mass is 10.1. The van der Waals surface area contributed by atoms with Crippen molar-refractivity contribution >= 4 is 0 Å². The molecule has 3 N–H and O–H groups in total. The molecule has 2 atom stereocenters. The van der Waals surface area contributed by atoms with Crippen molar-refractivity contribution in [1.82, 2.24) is 0 Å². The SMILES string of the molecule is COc1ccc(COC/C=C/[C@H](O)[C@H](N)COCc2ccccc2)cc1. The van der Waals surface area contributed by atoms with Gasteiger partial charge in [-0.25, -0.2) is 0 Å². The van der Waals surface area contributed by atoms with Crippen LogP contribution in [0.25, 0.3) is 0 Å². The van der Waals surface area contributed by atoms with E-state index in [4.69, 9.17) is 19.9 Å². The van der Waals surface area contributed by atoms with Crippen LogP contribution in [0.15, 0.2) is 66.7 Å². The Hall–Kier alpha value is -2.18. The molecule has 0 radical (unpaired) electrons. The first-order valence-corrected chi connectivity index (χ1v) is 8.61. The van der Waals surface area contributed by atoms with Crippen LogP contribution in [-0.4, -0.2) is 37.6 Å². The number of aliphatic hydroxyl groups excluding tert-OH is 1. The van der Waals surface area contributed by atoms with Crippen LogP contribution in [-0.2, 0) is 22.7 Å². The third-order valence-electron chi connectivity index (χ3n) is 3.84. The lowest BCUT2D eigenvalue weighted by molar-refractivity contribution is 0.0709. The molecule has 2 aromatic carbocycles. The Kier molecular flexibility index (Phi) is 8.86. The zero-order chi connectivity index (χ0) is 18.6. The topological polar surface area (TPSA) is 73.9 Å². The maximum atomic E-state index is 10.0. The monoisotopic (exact) mass is 357 g/mol. The van der Waals surface area contributed by atoms with Gasteiger partial charge in [0.25, 0.3) is 0 Å². The molecular formula is C21H27NO4. The fraction of sp³-hybridized carbons (Fsp3) is 0.333. The molecule has 2 rings (SSSR count). The molecule has 0 amide bonds. The highest BCUT2D eigenvalue weighted by Gasteiger charge is 2.11. The minimum Gasteiger partial charge on any atom is -0.497 e. The van der Waals surface area contributed by atoms with Crippen molar-refractivity contribution in [1.29, 1.82) is 0 Å². The maximum Gasteiger partial charge on any atom is 0.118 e. The van der Waals surface area contributed by atoms with E-state index < -0.39 is 12.1 Å². The fourth-order valence-electron chi connectivity index (χ4n) is 2.29. The summed E-state index contributed by atoms with van der Waals surface area (Å²) in [5.41, 5.74) is 8.08. The zero-order valence-corrected chi connectivity index (χ0v) is 15.1. The molecule has 0 aliphatic heterocycles. The summed E-state index contributed by atoms with van der Waals surface area (Å²) in [6, 6.07) is 17.1. The molecule has 2 aromatic rings. The quantitative estimate of drug-likeness (QED) is 0.478. The van der Waals surface area contributed by atoms with E-state index in [9.17, 15) is 5.11 Å². The number of rotatable bonds is 11.